The number of aryl methyl sites for hydroxylation is 3. The van der Waals surface area contributed by atoms with Crippen molar-refractivity contribution >= 4 is 23.4 Å². The quantitative estimate of drug-likeness (QED) is 0.458. The van der Waals surface area contributed by atoms with Crippen molar-refractivity contribution in [1.82, 2.24) is 9.88 Å². The van der Waals surface area contributed by atoms with Crippen LogP contribution in [0.1, 0.15) is 27.3 Å². The highest BCUT2D eigenvalue weighted by Crippen LogP contribution is 2.28. The maximum atomic E-state index is 8.99. The molecule has 1 N–H and O–H groups in total. The minimum Gasteiger partial charge on any atom is -0.395 e. The van der Waals surface area contributed by atoms with Gasteiger partial charge in [-0.3, -0.25) is 0 Å². The molecule has 0 saturated carbocycles. The zero-order valence-corrected chi connectivity index (χ0v) is 17.8. The average Bonchev–Trinajstić information content (AvgIpc) is 3.12. The number of hydrogen-bond donors (Lipinski definition) is 1. The van der Waals surface area contributed by atoms with Gasteiger partial charge in [-0.2, -0.15) is 0 Å². The van der Waals surface area contributed by atoms with Gasteiger partial charge in [0.1, 0.15) is 0 Å². The van der Waals surface area contributed by atoms with Crippen molar-refractivity contribution in [3.63, 3.8) is 0 Å². The largest absolute Gasteiger partial charge is 0.395 e. The molecule has 3 aromatic rings. The van der Waals surface area contributed by atoms with Crippen LogP contribution < -0.4 is 0 Å². The molecule has 5 heteroatoms. The van der Waals surface area contributed by atoms with Gasteiger partial charge in [0, 0.05) is 31.0 Å². The van der Waals surface area contributed by atoms with Crippen molar-refractivity contribution in [3.8, 4) is 11.3 Å². The molecular formula is C23H27N3OS. The molecule has 2 aromatic carbocycles. The Bertz CT molecular complexity index is 960. The van der Waals surface area contributed by atoms with Crippen LogP contribution in [0.5, 0.6) is 0 Å². The second kappa shape index (κ2) is 9.13. The molecule has 0 aliphatic rings. The fourth-order valence-electron chi connectivity index (χ4n) is 2.98. The topological polar surface area (TPSA) is 48.7 Å². The van der Waals surface area contributed by atoms with Gasteiger partial charge in [0.05, 0.1) is 29.3 Å². The van der Waals surface area contributed by atoms with Gasteiger partial charge in [-0.05, 0) is 43.5 Å². The Morgan fingerprint density at radius 3 is 2.57 bits per heavy atom. The van der Waals surface area contributed by atoms with Crippen molar-refractivity contribution in [2.75, 3.05) is 20.2 Å². The van der Waals surface area contributed by atoms with E-state index in [0.29, 0.717) is 6.54 Å². The third-order valence-corrected chi connectivity index (χ3v) is 5.59. The first-order valence-electron chi connectivity index (χ1n) is 9.43. The van der Waals surface area contributed by atoms with Crippen LogP contribution in [0.15, 0.2) is 46.8 Å². The maximum Gasteiger partial charge on any atom is 0.0976 e. The second-order valence-electron chi connectivity index (χ2n) is 7.18. The van der Waals surface area contributed by atoms with E-state index in [2.05, 4.69) is 67.5 Å². The summed E-state index contributed by atoms with van der Waals surface area (Å²) in [5.74, 6) is 0. The van der Waals surface area contributed by atoms with Crippen LogP contribution in [0.3, 0.4) is 0 Å². The lowest BCUT2D eigenvalue weighted by atomic mass is 10.0. The van der Waals surface area contributed by atoms with Crippen LogP contribution >= 0.6 is 11.3 Å². The number of aliphatic hydroxyl groups excluding tert-OH is 1. The lowest BCUT2D eigenvalue weighted by Crippen LogP contribution is -2.19. The number of benzene rings is 2. The molecule has 1 aromatic heterocycles. The minimum absolute atomic E-state index is 0.123. The fourth-order valence-corrected chi connectivity index (χ4v) is 3.80. The molecule has 0 aliphatic heterocycles. The van der Waals surface area contributed by atoms with E-state index in [1.165, 1.54) is 16.7 Å². The summed E-state index contributed by atoms with van der Waals surface area (Å²) in [7, 11) is 1.91. The highest BCUT2D eigenvalue weighted by atomic mass is 32.1. The average molecular weight is 394 g/mol. The van der Waals surface area contributed by atoms with Crippen molar-refractivity contribution in [3.05, 3.63) is 69.0 Å². The first kappa shape index (κ1) is 20.2. The highest BCUT2D eigenvalue weighted by molar-refractivity contribution is 7.10. The Hall–Kier alpha value is -2.50. The van der Waals surface area contributed by atoms with E-state index in [1.54, 1.807) is 17.7 Å². The molecule has 0 atom stereocenters. The number of thiazole rings is 1. The van der Waals surface area contributed by atoms with E-state index in [1.807, 2.05) is 11.9 Å². The summed E-state index contributed by atoms with van der Waals surface area (Å²) >= 11 is 1.71. The standard InChI is InChI=1S/C23H27N3OS/c1-16-5-7-19(8-6-16)22-14-28-23(25-22)13-20-11-18(3)21(12-17(20)2)24-15-26(4)9-10-27/h5-8,11-12,14-15,27H,9-10,13H2,1-4H3/b24-15+. The number of aliphatic hydroxyl groups is 1. The van der Waals surface area contributed by atoms with E-state index in [-0.39, 0.29) is 6.61 Å². The predicted octanol–water partition coefficient (Wildman–Crippen LogP) is 4.91. The summed E-state index contributed by atoms with van der Waals surface area (Å²) in [4.78, 5) is 11.3. The Morgan fingerprint density at radius 1 is 1.11 bits per heavy atom. The molecule has 0 spiro atoms. The van der Waals surface area contributed by atoms with Crippen molar-refractivity contribution < 1.29 is 5.11 Å². The maximum absolute atomic E-state index is 8.99. The molecule has 28 heavy (non-hydrogen) atoms. The number of hydrogen-bond acceptors (Lipinski definition) is 4. The minimum atomic E-state index is 0.123. The number of likely N-dealkylation sites (N-methyl/N-ethyl adjacent to an activating group) is 1. The third-order valence-electron chi connectivity index (χ3n) is 4.74. The molecule has 0 unspecified atom stereocenters. The molecule has 0 amide bonds. The van der Waals surface area contributed by atoms with Gasteiger partial charge in [-0.25, -0.2) is 9.98 Å². The first-order valence-corrected chi connectivity index (χ1v) is 10.3. The summed E-state index contributed by atoms with van der Waals surface area (Å²) < 4.78 is 0. The molecule has 0 saturated heterocycles. The van der Waals surface area contributed by atoms with Crippen molar-refractivity contribution in [2.24, 2.45) is 4.99 Å². The molecule has 0 aliphatic carbocycles. The third kappa shape index (κ3) is 5.06. The Kier molecular flexibility index (Phi) is 6.60. The highest BCUT2D eigenvalue weighted by Gasteiger charge is 2.09. The van der Waals surface area contributed by atoms with E-state index in [4.69, 9.17) is 10.1 Å². The van der Waals surface area contributed by atoms with E-state index < -0.39 is 0 Å². The van der Waals surface area contributed by atoms with Crippen molar-refractivity contribution in [1.29, 1.82) is 0 Å². The predicted molar refractivity (Wildman–Crippen MR) is 119 cm³/mol. The molecular weight excluding hydrogens is 366 g/mol. The molecule has 0 radical (unpaired) electrons. The van der Waals surface area contributed by atoms with Gasteiger partial charge in [-0.15, -0.1) is 11.3 Å². The summed E-state index contributed by atoms with van der Waals surface area (Å²) in [5, 5.41) is 12.2. The van der Waals surface area contributed by atoms with Crippen LogP contribution in [-0.4, -0.2) is 41.5 Å². The zero-order valence-electron chi connectivity index (χ0n) is 16.9. The van der Waals surface area contributed by atoms with E-state index in [0.717, 1.165) is 33.9 Å². The molecule has 146 valence electrons. The smallest absolute Gasteiger partial charge is 0.0976 e. The van der Waals surface area contributed by atoms with E-state index >= 15 is 0 Å². The van der Waals surface area contributed by atoms with Gasteiger partial charge in [0.25, 0.3) is 0 Å². The molecule has 1 heterocycles. The Morgan fingerprint density at radius 2 is 1.86 bits per heavy atom. The Balaban J connectivity index is 1.76. The van der Waals surface area contributed by atoms with Crippen molar-refractivity contribution in [2.45, 2.75) is 27.2 Å². The van der Waals surface area contributed by atoms with Gasteiger partial charge in [0.15, 0.2) is 0 Å². The van der Waals surface area contributed by atoms with Crippen LogP contribution in [-0.2, 0) is 6.42 Å². The van der Waals surface area contributed by atoms with Crippen LogP contribution in [0, 0.1) is 20.8 Å². The molecule has 4 nitrogen and oxygen atoms in total. The van der Waals surface area contributed by atoms with E-state index in [9.17, 15) is 0 Å². The molecule has 3 rings (SSSR count). The van der Waals surface area contributed by atoms with Gasteiger partial charge in [0.2, 0.25) is 0 Å². The molecule has 0 fully saturated rings. The number of aromatic nitrogens is 1. The van der Waals surface area contributed by atoms with Crippen LogP contribution in [0.4, 0.5) is 5.69 Å². The second-order valence-corrected chi connectivity index (χ2v) is 8.13. The monoisotopic (exact) mass is 393 g/mol. The first-order chi connectivity index (χ1) is 13.5. The summed E-state index contributed by atoms with van der Waals surface area (Å²) in [6, 6.07) is 12.8. The number of nitrogens with zero attached hydrogens (tertiary/aromatic N) is 3. The summed E-state index contributed by atoms with van der Waals surface area (Å²) in [6.45, 7) is 7.01. The SMILES string of the molecule is Cc1ccc(-c2csc(Cc3cc(C)c(/N=C/N(C)CCO)cc3C)n2)cc1. The van der Waals surface area contributed by atoms with Gasteiger partial charge < -0.3 is 10.0 Å². The Labute approximate surface area is 171 Å². The van der Waals surface area contributed by atoms with Gasteiger partial charge in [-0.1, -0.05) is 35.9 Å². The number of rotatable bonds is 7. The summed E-state index contributed by atoms with van der Waals surface area (Å²) in [5.41, 5.74) is 8.07. The fraction of sp³-hybridized carbons (Fsp3) is 0.304. The molecule has 0 bridgehead atoms. The number of aliphatic imine (C=N–C) groups is 1. The lowest BCUT2D eigenvalue weighted by molar-refractivity contribution is 0.266. The van der Waals surface area contributed by atoms with Crippen LogP contribution in [0.2, 0.25) is 0 Å². The van der Waals surface area contributed by atoms with Crippen LogP contribution in [0.25, 0.3) is 11.3 Å². The summed E-state index contributed by atoms with van der Waals surface area (Å²) in [6.07, 6.45) is 2.60. The zero-order chi connectivity index (χ0) is 20.1. The van der Waals surface area contributed by atoms with Gasteiger partial charge >= 0.3 is 0 Å². The normalized spacial score (nSPS) is 11.3. The lowest BCUT2D eigenvalue weighted by Gasteiger charge is -2.12.